The second-order valence-electron chi connectivity index (χ2n) is 10.1. The number of benzene rings is 2. The first kappa shape index (κ1) is 26.1. The Bertz CT molecular complexity index is 972. The maximum absolute atomic E-state index is 11.2. The summed E-state index contributed by atoms with van der Waals surface area (Å²) in [6.07, 6.45) is 4.28. The fraction of sp³-hybridized carbons (Fsp3) is 0.483. The van der Waals surface area contributed by atoms with Gasteiger partial charge in [0.15, 0.2) is 0 Å². The van der Waals surface area contributed by atoms with Gasteiger partial charge in [-0.25, -0.2) is 4.79 Å². The first-order valence-electron chi connectivity index (χ1n) is 12.3. The number of carboxylic acid groups (broad SMARTS) is 1. The van der Waals surface area contributed by atoms with E-state index in [9.17, 15) is 15.0 Å². The van der Waals surface area contributed by atoms with E-state index in [2.05, 4.69) is 43.4 Å². The van der Waals surface area contributed by atoms with Crippen LogP contribution in [0.3, 0.4) is 0 Å². The van der Waals surface area contributed by atoms with Crippen LogP contribution in [0.15, 0.2) is 54.6 Å². The summed E-state index contributed by atoms with van der Waals surface area (Å²) in [6.45, 7) is 8.94. The molecule has 1 aliphatic rings. The van der Waals surface area contributed by atoms with Crippen LogP contribution in [0.1, 0.15) is 68.9 Å². The highest BCUT2D eigenvalue weighted by atomic mass is 16.5. The van der Waals surface area contributed by atoms with Crippen LogP contribution in [0.2, 0.25) is 0 Å². The normalized spacial score (nSPS) is 16.3. The van der Waals surface area contributed by atoms with E-state index in [0.717, 1.165) is 36.0 Å². The summed E-state index contributed by atoms with van der Waals surface area (Å²) in [4.78, 5) is 11.2. The van der Waals surface area contributed by atoms with Crippen LogP contribution in [0.4, 0.5) is 0 Å². The molecule has 2 atom stereocenters. The largest absolute Gasteiger partial charge is 0.478 e. The molecular formula is C29H39NO4. The molecule has 34 heavy (non-hydrogen) atoms. The smallest absolute Gasteiger partial charge is 0.328 e. The van der Waals surface area contributed by atoms with Crippen molar-refractivity contribution >= 4 is 11.5 Å². The lowest BCUT2D eigenvalue weighted by molar-refractivity contribution is -0.131. The van der Waals surface area contributed by atoms with Gasteiger partial charge in [0.05, 0.1) is 18.8 Å². The van der Waals surface area contributed by atoms with Crippen molar-refractivity contribution in [2.24, 2.45) is 5.92 Å². The van der Waals surface area contributed by atoms with Gasteiger partial charge in [-0.05, 0) is 80.2 Å². The van der Waals surface area contributed by atoms with Gasteiger partial charge < -0.3 is 20.3 Å². The van der Waals surface area contributed by atoms with Crippen molar-refractivity contribution in [1.82, 2.24) is 5.32 Å². The summed E-state index contributed by atoms with van der Waals surface area (Å²) in [6, 6.07) is 16.4. The molecule has 0 bridgehead atoms. The molecule has 5 heteroatoms. The number of hydrogen-bond acceptors (Lipinski definition) is 4. The highest BCUT2D eigenvalue weighted by molar-refractivity contribution is 5.90. The maximum atomic E-state index is 11.2. The van der Waals surface area contributed by atoms with Crippen LogP contribution in [0, 0.1) is 5.92 Å². The van der Waals surface area contributed by atoms with E-state index < -0.39 is 12.1 Å². The highest BCUT2D eigenvalue weighted by Gasteiger charge is 2.28. The maximum Gasteiger partial charge on any atom is 0.328 e. The number of aliphatic hydroxyl groups is 1. The molecule has 1 aliphatic carbocycles. The minimum absolute atomic E-state index is 0.0798. The number of rotatable bonds is 12. The van der Waals surface area contributed by atoms with E-state index in [1.807, 2.05) is 38.1 Å². The van der Waals surface area contributed by atoms with Crippen LogP contribution in [0.25, 0.3) is 5.57 Å². The van der Waals surface area contributed by atoms with Crippen LogP contribution < -0.4 is 5.32 Å². The Morgan fingerprint density at radius 3 is 2.38 bits per heavy atom. The molecule has 0 amide bonds. The van der Waals surface area contributed by atoms with E-state index in [1.54, 1.807) is 0 Å². The lowest BCUT2D eigenvalue weighted by Gasteiger charge is -2.31. The first-order valence-corrected chi connectivity index (χ1v) is 12.3. The number of carboxylic acids is 1. The topological polar surface area (TPSA) is 78.8 Å². The summed E-state index contributed by atoms with van der Waals surface area (Å²) >= 11 is 0. The molecule has 0 saturated carbocycles. The molecule has 2 aromatic rings. The summed E-state index contributed by atoms with van der Waals surface area (Å²) in [5, 5.41) is 23.3. The number of ether oxygens (including phenoxy) is 1. The zero-order valence-corrected chi connectivity index (χ0v) is 20.9. The van der Waals surface area contributed by atoms with Crippen LogP contribution in [0.5, 0.6) is 0 Å². The predicted molar refractivity (Wildman–Crippen MR) is 137 cm³/mol. The van der Waals surface area contributed by atoms with Gasteiger partial charge in [0, 0.05) is 18.2 Å². The van der Waals surface area contributed by atoms with Gasteiger partial charge in [-0.1, -0.05) is 55.5 Å². The van der Waals surface area contributed by atoms with Crippen LogP contribution in [-0.4, -0.2) is 41.0 Å². The number of nitrogens with one attached hydrogen (secondary N) is 1. The summed E-state index contributed by atoms with van der Waals surface area (Å²) in [5.41, 5.74) is 5.43. The third-order valence-electron chi connectivity index (χ3n) is 6.71. The Hall–Kier alpha value is -2.47. The minimum Gasteiger partial charge on any atom is -0.478 e. The Morgan fingerprint density at radius 1 is 1.15 bits per heavy atom. The van der Waals surface area contributed by atoms with Gasteiger partial charge in [0.2, 0.25) is 0 Å². The quantitative estimate of drug-likeness (QED) is 0.377. The lowest BCUT2D eigenvalue weighted by Crippen LogP contribution is -2.45. The van der Waals surface area contributed by atoms with Crippen molar-refractivity contribution in [3.05, 3.63) is 76.9 Å². The monoisotopic (exact) mass is 465 g/mol. The standard InChI is InChI=1S/C29H39NO4/c1-5-22(16-28(32)33)27-13-9-8-12-26(27)20(2)34-19-25(31)18-30-29(3,4)17-21-14-23-10-6-7-11-24(23)15-21/h6-13,16,20-21,25,30-31H,5,14-15,17-19H2,1-4H3,(H,32,33)/b22-16+/t20-,25+/m1/s1. The molecule has 184 valence electrons. The van der Waals surface area contributed by atoms with E-state index in [-0.39, 0.29) is 18.2 Å². The Balaban J connectivity index is 1.50. The molecule has 0 radical (unpaired) electrons. The molecule has 3 rings (SSSR count). The molecule has 5 nitrogen and oxygen atoms in total. The van der Waals surface area contributed by atoms with Crippen LogP contribution in [-0.2, 0) is 22.4 Å². The first-order chi connectivity index (χ1) is 16.2. The van der Waals surface area contributed by atoms with E-state index in [4.69, 9.17) is 4.74 Å². The number of allylic oxidation sites excluding steroid dienone is 1. The summed E-state index contributed by atoms with van der Waals surface area (Å²) in [7, 11) is 0. The van der Waals surface area contributed by atoms with Crippen molar-refractivity contribution in [2.75, 3.05) is 13.2 Å². The molecule has 0 aliphatic heterocycles. The van der Waals surface area contributed by atoms with Gasteiger partial charge in [0.1, 0.15) is 0 Å². The lowest BCUT2D eigenvalue weighted by atomic mass is 9.88. The number of hydrogen-bond donors (Lipinski definition) is 3. The molecular weight excluding hydrogens is 426 g/mol. The fourth-order valence-corrected chi connectivity index (χ4v) is 5.05. The summed E-state index contributed by atoms with van der Waals surface area (Å²) in [5.74, 6) is -0.331. The molecule has 0 aromatic heterocycles. The zero-order valence-electron chi connectivity index (χ0n) is 20.9. The molecule has 2 aromatic carbocycles. The molecule has 3 N–H and O–H groups in total. The average Bonchev–Trinajstić information content (AvgIpc) is 3.21. The molecule has 0 unspecified atom stereocenters. The third kappa shape index (κ3) is 7.26. The van der Waals surface area contributed by atoms with E-state index in [1.165, 1.54) is 17.2 Å². The summed E-state index contributed by atoms with van der Waals surface area (Å²) < 4.78 is 6.01. The number of β-amino-alcohol motifs (C(OH)–C–C–N with tert-alkyl or cyclic N) is 1. The number of fused-ring (bicyclic) bond motifs is 1. The Kier molecular flexibility index (Phi) is 9.06. The van der Waals surface area contributed by atoms with Crippen molar-refractivity contribution in [3.63, 3.8) is 0 Å². The molecule has 0 fully saturated rings. The number of aliphatic carboxylic acids is 1. The predicted octanol–water partition coefficient (Wildman–Crippen LogP) is 5.18. The fourth-order valence-electron chi connectivity index (χ4n) is 5.05. The van der Waals surface area contributed by atoms with E-state index >= 15 is 0 Å². The van der Waals surface area contributed by atoms with Gasteiger partial charge in [-0.3, -0.25) is 0 Å². The third-order valence-corrected chi connectivity index (χ3v) is 6.71. The second kappa shape index (κ2) is 11.8. The number of aliphatic hydroxyl groups excluding tert-OH is 1. The van der Waals surface area contributed by atoms with Crippen LogP contribution >= 0.6 is 0 Å². The van der Waals surface area contributed by atoms with Crippen molar-refractivity contribution in [2.45, 2.75) is 71.1 Å². The molecule has 0 saturated heterocycles. The van der Waals surface area contributed by atoms with Gasteiger partial charge in [-0.15, -0.1) is 0 Å². The SMILES string of the molecule is CC/C(=C\C(=O)O)c1ccccc1[C@@H](C)OC[C@@H](O)CNC(C)(C)CC1Cc2ccccc2C1. The molecule has 0 spiro atoms. The van der Waals surface area contributed by atoms with E-state index in [0.29, 0.717) is 18.9 Å². The van der Waals surface area contributed by atoms with Gasteiger partial charge in [0.25, 0.3) is 0 Å². The van der Waals surface area contributed by atoms with Crippen molar-refractivity contribution in [3.8, 4) is 0 Å². The highest BCUT2D eigenvalue weighted by Crippen LogP contribution is 2.32. The Labute approximate surface area is 203 Å². The van der Waals surface area contributed by atoms with Gasteiger partial charge >= 0.3 is 5.97 Å². The van der Waals surface area contributed by atoms with Crippen molar-refractivity contribution < 1.29 is 19.7 Å². The van der Waals surface area contributed by atoms with Crippen molar-refractivity contribution in [1.29, 1.82) is 0 Å². The van der Waals surface area contributed by atoms with Gasteiger partial charge in [-0.2, -0.15) is 0 Å². The minimum atomic E-state index is -0.953. The zero-order chi connectivity index (χ0) is 24.7. The Morgan fingerprint density at radius 2 is 1.76 bits per heavy atom. The molecule has 0 heterocycles. The number of carbonyl (C=O) groups is 1. The second-order valence-corrected chi connectivity index (χ2v) is 10.1. The average molecular weight is 466 g/mol.